The van der Waals surface area contributed by atoms with Gasteiger partial charge in [0.1, 0.15) is 0 Å². The normalized spacial score (nSPS) is 21.8. The molecule has 0 bridgehead atoms. The van der Waals surface area contributed by atoms with Gasteiger partial charge >= 0.3 is 5.97 Å². The van der Waals surface area contributed by atoms with Crippen LogP contribution in [0.25, 0.3) is 0 Å². The highest BCUT2D eigenvalue weighted by atomic mass is 35.5. The van der Waals surface area contributed by atoms with Crippen molar-refractivity contribution in [1.29, 1.82) is 0 Å². The van der Waals surface area contributed by atoms with E-state index in [1.165, 1.54) is 0 Å². The maximum absolute atomic E-state index is 11.8. The fourth-order valence-corrected chi connectivity index (χ4v) is 2.30. The third-order valence-electron chi connectivity index (χ3n) is 2.98. The topological polar surface area (TPSA) is 43.4 Å². The average Bonchev–Trinajstić information content (AvgIpc) is 3.07. The molecule has 2 atom stereocenters. The predicted octanol–water partition coefficient (Wildman–Crippen LogP) is 2.96. The van der Waals surface area contributed by atoms with E-state index in [1.807, 2.05) is 18.2 Å². The van der Waals surface area contributed by atoms with Gasteiger partial charge in [0.15, 0.2) is 0 Å². The Bertz CT molecular complexity index is 482. The Balaban J connectivity index is 2.01. The highest BCUT2D eigenvalue weighted by Crippen LogP contribution is 2.50. The number of esters is 1. The summed E-state index contributed by atoms with van der Waals surface area (Å²) in [7, 11) is 0. The third kappa shape index (κ3) is 2.72. The molecule has 0 radical (unpaired) electrons. The minimum Gasteiger partial charge on any atom is -0.457 e. The zero-order valence-electron chi connectivity index (χ0n) is 10.4. The largest absolute Gasteiger partial charge is 0.457 e. The highest BCUT2D eigenvalue weighted by molar-refractivity contribution is 6.35. The summed E-state index contributed by atoms with van der Waals surface area (Å²) in [5, 5.41) is 0.648. The molecular weight excluding hydrogens is 252 g/mol. The molecule has 1 saturated carbocycles. The minimum absolute atomic E-state index is 0.0610. The first kappa shape index (κ1) is 13.1. The Morgan fingerprint density at radius 3 is 2.61 bits per heavy atom. The number of ether oxygens (including phenoxy) is 1. The molecule has 0 aliphatic heterocycles. The van der Waals surface area contributed by atoms with Crippen molar-refractivity contribution in [2.45, 2.75) is 32.3 Å². The van der Waals surface area contributed by atoms with Crippen LogP contribution in [0, 0.1) is 5.92 Å². The van der Waals surface area contributed by atoms with E-state index < -0.39 is 11.8 Å². The summed E-state index contributed by atoms with van der Waals surface area (Å²) in [6, 6.07) is 7.42. The molecule has 18 heavy (non-hydrogen) atoms. The second-order valence-corrected chi connectivity index (χ2v) is 5.20. The van der Waals surface area contributed by atoms with Gasteiger partial charge in [-0.25, -0.2) is 4.79 Å². The number of Topliss-reactive ketones (excluding diaryl/α,β-unsaturated/α-hetero) is 1. The first-order valence-corrected chi connectivity index (χ1v) is 6.37. The molecule has 0 spiro atoms. The summed E-state index contributed by atoms with van der Waals surface area (Å²) in [5.74, 6) is -1.37. The molecule has 1 aromatic rings. The summed E-state index contributed by atoms with van der Waals surface area (Å²) >= 11 is 6.07. The van der Waals surface area contributed by atoms with E-state index in [9.17, 15) is 9.59 Å². The first-order chi connectivity index (χ1) is 8.50. The molecule has 2 rings (SSSR count). The number of benzene rings is 1. The molecule has 0 aromatic heterocycles. The van der Waals surface area contributed by atoms with Crippen LogP contribution < -0.4 is 0 Å². The van der Waals surface area contributed by atoms with Crippen LogP contribution in [0.15, 0.2) is 24.3 Å². The van der Waals surface area contributed by atoms with Crippen molar-refractivity contribution in [1.82, 2.24) is 0 Å². The van der Waals surface area contributed by atoms with E-state index in [0.717, 1.165) is 5.56 Å². The standard InChI is InChI=1S/C14H15ClO3/c1-8(2)18-14(17)13(16)11-7-10(11)9-5-3-4-6-12(9)15/h3-6,8,10-11H,7H2,1-2H3/t10-,11?/m0/s1. The smallest absolute Gasteiger partial charge is 0.375 e. The summed E-state index contributed by atoms with van der Waals surface area (Å²) < 4.78 is 4.91. The second-order valence-electron chi connectivity index (χ2n) is 4.79. The van der Waals surface area contributed by atoms with Crippen molar-refractivity contribution in [3.8, 4) is 0 Å². The summed E-state index contributed by atoms with van der Waals surface area (Å²) in [6.07, 6.45) is 0.412. The van der Waals surface area contributed by atoms with E-state index in [1.54, 1.807) is 19.9 Å². The Morgan fingerprint density at radius 2 is 2.00 bits per heavy atom. The monoisotopic (exact) mass is 266 g/mol. The quantitative estimate of drug-likeness (QED) is 0.622. The number of hydrogen-bond donors (Lipinski definition) is 0. The zero-order chi connectivity index (χ0) is 13.3. The van der Waals surface area contributed by atoms with Crippen LogP contribution in [-0.4, -0.2) is 17.9 Å². The summed E-state index contributed by atoms with van der Waals surface area (Å²) in [6.45, 7) is 3.45. The fraction of sp³-hybridized carbons (Fsp3) is 0.429. The van der Waals surface area contributed by atoms with Crippen LogP contribution in [-0.2, 0) is 14.3 Å². The Kier molecular flexibility index (Phi) is 3.71. The molecule has 1 aliphatic carbocycles. The number of hydrogen-bond acceptors (Lipinski definition) is 3. The maximum atomic E-state index is 11.8. The van der Waals surface area contributed by atoms with Gasteiger partial charge in [-0.3, -0.25) is 4.79 Å². The molecule has 0 amide bonds. The number of carbonyl (C=O) groups is 2. The Hall–Kier alpha value is -1.35. The second kappa shape index (κ2) is 5.11. The van der Waals surface area contributed by atoms with Crippen LogP contribution in [0.4, 0.5) is 0 Å². The van der Waals surface area contributed by atoms with Crippen LogP contribution in [0.3, 0.4) is 0 Å². The lowest BCUT2D eigenvalue weighted by atomic mass is 10.1. The van der Waals surface area contributed by atoms with Gasteiger partial charge < -0.3 is 4.74 Å². The van der Waals surface area contributed by atoms with E-state index in [0.29, 0.717) is 11.4 Å². The van der Waals surface area contributed by atoms with Gasteiger partial charge in [0, 0.05) is 10.9 Å². The van der Waals surface area contributed by atoms with E-state index >= 15 is 0 Å². The van der Waals surface area contributed by atoms with Gasteiger partial charge in [-0.05, 0) is 37.8 Å². The van der Waals surface area contributed by atoms with E-state index in [2.05, 4.69) is 0 Å². The summed E-state index contributed by atoms with van der Waals surface area (Å²) in [5.41, 5.74) is 0.940. The zero-order valence-corrected chi connectivity index (χ0v) is 11.1. The number of rotatable bonds is 4. The maximum Gasteiger partial charge on any atom is 0.375 e. The van der Waals surface area contributed by atoms with Crippen molar-refractivity contribution in [3.63, 3.8) is 0 Å². The van der Waals surface area contributed by atoms with Crippen molar-refractivity contribution >= 4 is 23.4 Å². The fourth-order valence-electron chi connectivity index (χ4n) is 2.03. The van der Waals surface area contributed by atoms with Crippen molar-refractivity contribution in [3.05, 3.63) is 34.9 Å². The SMILES string of the molecule is CC(C)OC(=O)C(=O)C1C[C@H]1c1ccccc1Cl. The molecule has 0 heterocycles. The van der Waals surface area contributed by atoms with Crippen molar-refractivity contribution in [2.75, 3.05) is 0 Å². The highest BCUT2D eigenvalue weighted by Gasteiger charge is 2.47. The van der Waals surface area contributed by atoms with Gasteiger partial charge in [0.25, 0.3) is 0 Å². The Morgan fingerprint density at radius 1 is 1.33 bits per heavy atom. The van der Waals surface area contributed by atoms with Crippen LogP contribution in [0.5, 0.6) is 0 Å². The number of ketones is 1. The minimum atomic E-state index is -0.732. The molecule has 1 aliphatic rings. The van der Waals surface area contributed by atoms with Gasteiger partial charge in [-0.2, -0.15) is 0 Å². The van der Waals surface area contributed by atoms with Crippen LogP contribution in [0.1, 0.15) is 31.7 Å². The molecule has 1 aromatic carbocycles. The van der Waals surface area contributed by atoms with Crippen molar-refractivity contribution < 1.29 is 14.3 Å². The summed E-state index contributed by atoms with van der Waals surface area (Å²) in [4.78, 5) is 23.3. The van der Waals surface area contributed by atoms with Crippen molar-refractivity contribution in [2.24, 2.45) is 5.92 Å². The first-order valence-electron chi connectivity index (χ1n) is 6.00. The van der Waals surface area contributed by atoms with Crippen LogP contribution >= 0.6 is 11.6 Å². The van der Waals surface area contributed by atoms with E-state index in [-0.39, 0.29) is 17.9 Å². The average molecular weight is 267 g/mol. The van der Waals surface area contributed by atoms with E-state index in [4.69, 9.17) is 16.3 Å². The van der Waals surface area contributed by atoms with Gasteiger partial charge in [-0.15, -0.1) is 0 Å². The molecule has 96 valence electrons. The molecule has 0 N–H and O–H groups in total. The Labute approximate surface area is 111 Å². The lowest BCUT2D eigenvalue weighted by molar-refractivity contribution is -0.157. The molecule has 4 heteroatoms. The predicted molar refractivity (Wildman–Crippen MR) is 68.5 cm³/mol. The van der Waals surface area contributed by atoms with Gasteiger partial charge in [0.2, 0.25) is 5.78 Å². The molecule has 3 nitrogen and oxygen atoms in total. The van der Waals surface area contributed by atoms with Gasteiger partial charge in [-0.1, -0.05) is 29.8 Å². The molecule has 1 fully saturated rings. The lowest BCUT2D eigenvalue weighted by Gasteiger charge is -2.07. The third-order valence-corrected chi connectivity index (χ3v) is 3.32. The lowest BCUT2D eigenvalue weighted by Crippen LogP contribution is -2.22. The molecular formula is C14H15ClO3. The van der Waals surface area contributed by atoms with Crippen LogP contribution in [0.2, 0.25) is 5.02 Å². The van der Waals surface area contributed by atoms with Gasteiger partial charge in [0.05, 0.1) is 6.10 Å². The molecule has 0 saturated heterocycles. The number of halogens is 1. The number of carbonyl (C=O) groups excluding carboxylic acids is 2. The molecule has 1 unspecified atom stereocenters.